The molecule has 2 aromatic heterocycles. The average molecular weight is 474 g/mol. The number of hydrogen-bond acceptors (Lipinski definition) is 5. The number of likely N-dealkylation sites (tertiary alicyclic amines) is 1. The van der Waals surface area contributed by atoms with Gasteiger partial charge in [0.05, 0.1) is 27.6 Å². The topological polar surface area (TPSA) is 74.5 Å². The lowest BCUT2D eigenvalue weighted by molar-refractivity contribution is -0.130. The van der Waals surface area contributed by atoms with Gasteiger partial charge in [-0.1, -0.05) is 23.2 Å². The van der Waals surface area contributed by atoms with Crippen LogP contribution in [0.5, 0.6) is 0 Å². The first-order valence-electron chi connectivity index (χ1n) is 11.0. The maximum atomic E-state index is 13.0. The van der Waals surface area contributed by atoms with Gasteiger partial charge in [-0.25, -0.2) is 9.97 Å². The minimum atomic E-state index is 0.0780. The minimum Gasteiger partial charge on any atom is -0.396 e. The van der Waals surface area contributed by atoms with E-state index in [-0.39, 0.29) is 24.5 Å². The predicted molar refractivity (Wildman–Crippen MR) is 126 cm³/mol. The minimum absolute atomic E-state index is 0.0780. The van der Waals surface area contributed by atoms with E-state index >= 15 is 0 Å². The maximum Gasteiger partial charge on any atom is 0.224 e. The number of carbonyl (C=O) groups is 1. The lowest BCUT2D eigenvalue weighted by Crippen LogP contribution is -2.37. The summed E-state index contributed by atoms with van der Waals surface area (Å²) in [4.78, 5) is 26.1. The Kier molecular flexibility index (Phi) is 5.97. The van der Waals surface area contributed by atoms with Crippen molar-refractivity contribution in [2.45, 2.75) is 31.7 Å². The Morgan fingerprint density at radius 3 is 2.84 bits per heavy atom. The molecule has 2 aliphatic rings. The Labute approximate surface area is 196 Å². The molecule has 9 heteroatoms. The molecular weight excluding hydrogens is 449 g/mol. The van der Waals surface area contributed by atoms with Crippen LogP contribution < -0.4 is 4.90 Å². The highest BCUT2D eigenvalue weighted by Crippen LogP contribution is 2.36. The smallest absolute Gasteiger partial charge is 0.224 e. The third kappa shape index (κ3) is 3.93. The number of anilines is 1. The summed E-state index contributed by atoms with van der Waals surface area (Å²) in [6.45, 7) is 2.34. The normalized spacial score (nSPS) is 21.1. The average Bonchev–Trinajstić information content (AvgIpc) is 3.57. The number of rotatable bonds is 5. The molecule has 2 atom stereocenters. The zero-order valence-electron chi connectivity index (χ0n) is 17.6. The summed E-state index contributed by atoms with van der Waals surface area (Å²) in [6, 6.07) is 5.82. The van der Waals surface area contributed by atoms with E-state index in [2.05, 4.69) is 9.88 Å². The number of aliphatic hydroxyl groups is 1. The molecule has 1 N–H and O–H groups in total. The Bertz CT molecular complexity index is 1140. The number of amides is 1. The maximum absolute atomic E-state index is 13.0. The number of nitrogens with zero attached hydrogens (tertiary/aromatic N) is 5. The van der Waals surface area contributed by atoms with E-state index in [1.807, 2.05) is 27.8 Å². The highest BCUT2D eigenvalue weighted by Gasteiger charge is 2.32. The van der Waals surface area contributed by atoms with Crippen LogP contribution in [0, 0.1) is 5.92 Å². The number of benzene rings is 1. The van der Waals surface area contributed by atoms with Crippen LogP contribution in [0.3, 0.4) is 0 Å². The fraction of sp³-hybridized carbons (Fsp3) is 0.435. The van der Waals surface area contributed by atoms with E-state index in [4.69, 9.17) is 28.2 Å². The third-order valence-corrected chi connectivity index (χ3v) is 7.39. The molecule has 2 aliphatic heterocycles. The summed E-state index contributed by atoms with van der Waals surface area (Å²) < 4.78 is 1.94. The second kappa shape index (κ2) is 8.89. The molecular formula is C23H25Cl2N5O2. The van der Waals surface area contributed by atoms with Crippen molar-refractivity contribution in [3.8, 4) is 5.69 Å². The van der Waals surface area contributed by atoms with Crippen LogP contribution in [-0.4, -0.2) is 62.7 Å². The number of hydrogen-bond donors (Lipinski definition) is 1. The molecule has 0 spiro atoms. The van der Waals surface area contributed by atoms with Crippen LogP contribution >= 0.6 is 23.2 Å². The van der Waals surface area contributed by atoms with Gasteiger partial charge in [0, 0.05) is 68.5 Å². The molecule has 32 heavy (non-hydrogen) atoms. The van der Waals surface area contributed by atoms with E-state index in [1.54, 1.807) is 18.6 Å². The van der Waals surface area contributed by atoms with Crippen molar-refractivity contribution in [2.24, 2.45) is 5.92 Å². The highest BCUT2D eigenvalue weighted by molar-refractivity contribution is 6.45. The largest absolute Gasteiger partial charge is 0.396 e. The number of carbonyl (C=O) groups excluding carboxylic acids is 1. The summed E-state index contributed by atoms with van der Waals surface area (Å²) in [5.41, 5.74) is 1.56. The molecule has 0 radical (unpaired) electrons. The van der Waals surface area contributed by atoms with Crippen LogP contribution in [0.15, 0.2) is 36.9 Å². The Morgan fingerprint density at radius 1 is 1.22 bits per heavy atom. The molecule has 0 saturated carbocycles. The molecule has 0 bridgehead atoms. The fourth-order valence-corrected chi connectivity index (χ4v) is 5.21. The number of aromatic nitrogens is 3. The van der Waals surface area contributed by atoms with Crippen molar-refractivity contribution >= 4 is 45.8 Å². The van der Waals surface area contributed by atoms with Crippen molar-refractivity contribution in [1.82, 2.24) is 19.4 Å². The summed E-state index contributed by atoms with van der Waals surface area (Å²) in [5, 5.41) is 11.2. The second-order valence-electron chi connectivity index (χ2n) is 8.60. The van der Waals surface area contributed by atoms with Crippen molar-refractivity contribution < 1.29 is 9.90 Å². The number of fused-ring (bicyclic) bond motifs is 1. The van der Waals surface area contributed by atoms with Gasteiger partial charge in [-0.15, -0.1) is 0 Å². The van der Waals surface area contributed by atoms with E-state index in [0.29, 0.717) is 28.5 Å². The fourth-order valence-electron chi connectivity index (χ4n) is 4.85. The van der Waals surface area contributed by atoms with Gasteiger partial charge in [0.1, 0.15) is 5.82 Å². The number of imidazole rings is 1. The molecule has 1 amide bonds. The van der Waals surface area contributed by atoms with Crippen molar-refractivity contribution in [1.29, 1.82) is 0 Å². The van der Waals surface area contributed by atoms with Gasteiger partial charge in [0.25, 0.3) is 0 Å². The van der Waals surface area contributed by atoms with Gasteiger partial charge in [0.15, 0.2) is 0 Å². The highest BCUT2D eigenvalue weighted by atomic mass is 35.5. The van der Waals surface area contributed by atoms with Gasteiger partial charge in [-0.2, -0.15) is 0 Å². The lowest BCUT2D eigenvalue weighted by atomic mass is 10.1. The molecule has 0 aliphatic carbocycles. The summed E-state index contributed by atoms with van der Waals surface area (Å²) in [7, 11) is 0. The quantitative estimate of drug-likeness (QED) is 0.607. The van der Waals surface area contributed by atoms with Gasteiger partial charge in [-0.05, 0) is 31.4 Å². The van der Waals surface area contributed by atoms with Crippen LogP contribution in [-0.2, 0) is 4.79 Å². The molecule has 2 fully saturated rings. The molecule has 1 aromatic carbocycles. The summed E-state index contributed by atoms with van der Waals surface area (Å²) >= 11 is 12.9. The Balaban J connectivity index is 1.48. The molecule has 168 valence electrons. The molecule has 4 heterocycles. The van der Waals surface area contributed by atoms with Crippen LogP contribution in [0.1, 0.15) is 25.7 Å². The van der Waals surface area contributed by atoms with E-state index in [0.717, 1.165) is 49.2 Å². The van der Waals surface area contributed by atoms with Crippen molar-refractivity contribution in [3.63, 3.8) is 0 Å². The summed E-state index contributed by atoms with van der Waals surface area (Å²) in [5.74, 6) is 1.13. The van der Waals surface area contributed by atoms with Crippen LogP contribution in [0.2, 0.25) is 10.0 Å². The lowest BCUT2D eigenvalue weighted by Gasteiger charge is -2.28. The molecule has 7 nitrogen and oxygen atoms in total. The second-order valence-corrected chi connectivity index (χ2v) is 9.38. The van der Waals surface area contributed by atoms with E-state index in [9.17, 15) is 9.90 Å². The SMILES string of the molecule is O=C(C[C@@H]1CCCN1c1cc(-n2ccnc2)c2ccc(Cl)c(Cl)c2n1)N1CCC(CO)C1. The monoisotopic (exact) mass is 473 g/mol. The Morgan fingerprint density at radius 2 is 2.09 bits per heavy atom. The first-order valence-corrected chi connectivity index (χ1v) is 11.7. The van der Waals surface area contributed by atoms with Crippen LogP contribution in [0.25, 0.3) is 16.6 Å². The van der Waals surface area contributed by atoms with Crippen LogP contribution in [0.4, 0.5) is 5.82 Å². The molecule has 3 aromatic rings. The molecule has 2 saturated heterocycles. The standard InChI is InChI=1S/C23H25Cl2N5O2/c24-18-4-3-17-19(29-9-6-26-14-29)11-20(27-23(17)22(18)25)30-7-1-2-16(30)10-21(32)28-8-5-15(12-28)13-31/h3-4,6,9,11,14-16,31H,1-2,5,7-8,10,12-13H2/t15?,16-/m0/s1. The van der Waals surface area contributed by atoms with E-state index in [1.165, 1.54) is 0 Å². The van der Waals surface area contributed by atoms with Gasteiger partial charge < -0.3 is 19.5 Å². The molecule has 5 rings (SSSR count). The summed E-state index contributed by atoms with van der Waals surface area (Å²) in [6.07, 6.45) is 8.62. The third-order valence-electron chi connectivity index (χ3n) is 6.60. The first-order chi connectivity index (χ1) is 15.5. The number of pyridine rings is 1. The van der Waals surface area contributed by atoms with Gasteiger partial charge in [-0.3, -0.25) is 4.79 Å². The van der Waals surface area contributed by atoms with Crippen molar-refractivity contribution in [3.05, 3.63) is 47.0 Å². The first kappa shape index (κ1) is 21.5. The number of halogens is 2. The van der Waals surface area contributed by atoms with E-state index < -0.39 is 0 Å². The zero-order valence-corrected chi connectivity index (χ0v) is 19.1. The number of aliphatic hydroxyl groups excluding tert-OH is 1. The Hall–Kier alpha value is -2.35. The predicted octanol–water partition coefficient (Wildman–Crippen LogP) is 3.93. The van der Waals surface area contributed by atoms with Crippen molar-refractivity contribution in [2.75, 3.05) is 31.1 Å². The van der Waals surface area contributed by atoms with Gasteiger partial charge in [0.2, 0.25) is 5.91 Å². The zero-order chi connectivity index (χ0) is 22.2. The van der Waals surface area contributed by atoms with Gasteiger partial charge >= 0.3 is 0 Å². The molecule has 1 unspecified atom stereocenters.